The Kier molecular flexibility index (Phi) is 8.29. The van der Waals surface area contributed by atoms with E-state index >= 15 is 0 Å². The summed E-state index contributed by atoms with van der Waals surface area (Å²) in [6.45, 7) is 2.68. The van der Waals surface area contributed by atoms with E-state index in [9.17, 15) is 0 Å². The molecule has 0 saturated carbocycles. The van der Waals surface area contributed by atoms with Gasteiger partial charge in [-0.15, -0.1) is 45.5 Å². The van der Waals surface area contributed by atoms with Crippen molar-refractivity contribution in [1.29, 1.82) is 0 Å². The standard InChI is InChI=1S/C17H27N7S.HI/c1-18-17(20-11-15-22-21-12-24(15)3)19-10-13-6-4-8-23(2)16(13)14-7-5-9-25-14;/h5,7,9,12-13,16H,4,6,8,10-11H2,1-3H3,(H2,18,19,20);1H. The molecule has 0 aliphatic carbocycles. The molecule has 0 amide bonds. The lowest BCUT2D eigenvalue weighted by Crippen LogP contribution is -2.44. The van der Waals surface area contributed by atoms with Crippen molar-refractivity contribution in [2.75, 3.05) is 27.2 Å². The molecule has 1 aliphatic heterocycles. The van der Waals surface area contributed by atoms with Gasteiger partial charge >= 0.3 is 0 Å². The summed E-state index contributed by atoms with van der Waals surface area (Å²) in [4.78, 5) is 8.27. The first-order valence-corrected chi connectivity index (χ1v) is 9.58. The largest absolute Gasteiger partial charge is 0.356 e. The third kappa shape index (κ3) is 5.17. The van der Waals surface area contributed by atoms with Crippen molar-refractivity contribution in [3.8, 4) is 0 Å². The molecule has 2 aromatic heterocycles. The van der Waals surface area contributed by atoms with Crippen LogP contribution in [0.5, 0.6) is 0 Å². The van der Waals surface area contributed by atoms with Crippen LogP contribution in [-0.4, -0.2) is 52.8 Å². The minimum absolute atomic E-state index is 0. The van der Waals surface area contributed by atoms with E-state index in [-0.39, 0.29) is 24.0 Å². The van der Waals surface area contributed by atoms with Crippen LogP contribution in [-0.2, 0) is 13.6 Å². The second-order valence-electron chi connectivity index (χ2n) is 6.51. The molecule has 2 aromatic rings. The normalized spacial score (nSPS) is 21.3. The Labute approximate surface area is 176 Å². The van der Waals surface area contributed by atoms with E-state index in [1.807, 2.05) is 23.0 Å². The number of hydrogen-bond donors (Lipinski definition) is 2. The third-order valence-corrected chi connectivity index (χ3v) is 5.76. The summed E-state index contributed by atoms with van der Waals surface area (Å²) in [6, 6.07) is 4.89. The molecular weight excluding hydrogens is 461 g/mol. The summed E-state index contributed by atoms with van der Waals surface area (Å²) in [7, 11) is 5.98. The van der Waals surface area contributed by atoms with Gasteiger partial charge < -0.3 is 15.2 Å². The van der Waals surface area contributed by atoms with E-state index in [2.05, 4.69) is 55.3 Å². The first kappa shape index (κ1) is 21.1. The number of aryl methyl sites for hydroxylation is 1. The van der Waals surface area contributed by atoms with Gasteiger partial charge in [-0.1, -0.05) is 6.07 Å². The zero-order valence-electron chi connectivity index (χ0n) is 15.6. The Morgan fingerprint density at radius 3 is 2.88 bits per heavy atom. The summed E-state index contributed by atoms with van der Waals surface area (Å²) >= 11 is 1.85. The molecule has 2 atom stereocenters. The number of rotatable bonds is 5. The van der Waals surface area contributed by atoms with Crippen LogP contribution < -0.4 is 10.6 Å². The average molecular weight is 489 g/mol. The van der Waals surface area contributed by atoms with Gasteiger partial charge in [0.2, 0.25) is 0 Å². The van der Waals surface area contributed by atoms with Gasteiger partial charge in [0.25, 0.3) is 0 Å². The Bertz CT molecular complexity index is 685. The zero-order valence-corrected chi connectivity index (χ0v) is 18.7. The van der Waals surface area contributed by atoms with Crippen LogP contribution in [0.4, 0.5) is 0 Å². The van der Waals surface area contributed by atoms with Crippen molar-refractivity contribution in [3.63, 3.8) is 0 Å². The Morgan fingerprint density at radius 1 is 1.38 bits per heavy atom. The number of nitrogens with zero attached hydrogens (tertiary/aromatic N) is 5. The van der Waals surface area contributed by atoms with Crippen molar-refractivity contribution in [3.05, 3.63) is 34.5 Å². The predicted molar refractivity (Wildman–Crippen MR) is 117 cm³/mol. The number of aliphatic imine (C=N–C) groups is 1. The maximum absolute atomic E-state index is 4.33. The molecule has 7 nitrogen and oxygen atoms in total. The van der Waals surface area contributed by atoms with Crippen molar-refractivity contribution >= 4 is 41.3 Å². The number of nitrogens with one attached hydrogen (secondary N) is 2. The molecule has 1 saturated heterocycles. The molecule has 3 heterocycles. The molecule has 3 rings (SSSR count). The van der Waals surface area contributed by atoms with Crippen molar-refractivity contribution < 1.29 is 0 Å². The summed E-state index contributed by atoms with van der Waals surface area (Å²) in [5.41, 5.74) is 0. The quantitative estimate of drug-likeness (QED) is 0.383. The molecule has 0 spiro atoms. The van der Waals surface area contributed by atoms with E-state index in [0.717, 1.165) is 24.9 Å². The summed E-state index contributed by atoms with van der Waals surface area (Å²) in [5, 5.41) is 17.0. The van der Waals surface area contributed by atoms with Crippen LogP contribution in [0.1, 0.15) is 29.6 Å². The fourth-order valence-electron chi connectivity index (χ4n) is 3.46. The van der Waals surface area contributed by atoms with Crippen molar-refractivity contribution in [2.45, 2.75) is 25.4 Å². The Hall–Kier alpha value is -1.20. The number of likely N-dealkylation sites (tertiary alicyclic amines) is 1. The predicted octanol–water partition coefficient (Wildman–Crippen LogP) is 2.24. The van der Waals surface area contributed by atoms with Gasteiger partial charge in [-0.05, 0) is 43.8 Å². The molecule has 0 radical (unpaired) electrons. The molecule has 1 fully saturated rings. The maximum Gasteiger partial charge on any atom is 0.191 e. The number of hydrogen-bond acceptors (Lipinski definition) is 5. The molecule has 2 unspecified atom stereocenters. The summed E-state index contributed by atoms with van der Waals surface area (Å²) < 4.78 is 1.91. The fourth-order valence-corrected chi connectivity index (χ4v) is 4.44. The van der Waals surface area contributed by atoms with E-state index in [0.29, 0.717) is 18.5 Å². The highest BCUT2D eigenvalue weighted by Gasteiger charge is 2.31. The van der Waals surface area contributed by atoms with Gasteiger partial charge in [0.05, 0.1) is 6.54 Å². The second kappa shape index (κ2) is 10.2. The zero-order chi connectivity index (χ0) is 17.6. The van der Waals surface area contributed by atoms with E-state index in [1.165, 1.54) is 17.7 Å². The number of halogens is 1. The summed E-state index contributed by atoms with van der Waals surface area (Å²) in [5.74, 6) is 2.27. The monoisotopic (exact) mass is 489 g/mol. The van der Waals surface area contributed by atoms with E-state index in [1.54, 1.807) is 13.4 Å². The lowest BCUT2D eigenvalue weighted by atomic mass is 9.88. The SMILES string of the molecule is CN=C(NCc1nncn1C)NCC1CCCN(C)C1c1cccs1.I. The van der Waals surface area contributed by atoms with Gasteiger partial charge in [-0.25, -0.2) is 0 Å². The van der Waals surface area contributed by atoms with Crippen molar-refractivity contribution in [1.82, 2.24) is 30.3 Å². The minimum Gasteiger partial charge on any atom is -0.356 e. The fraction of sp³-hybridized carbons (Fsp3) is 0.588. The molecular formula is C17H28IN7S. The van der Waals surface area contributed by atoms with E-state index in [4.69, 9.17) is 0 Å². The second-order valence-corrected chi connectivity index (χ2v) is 7.49. The molecule has 0 aromatic carbocycles. The van der Waals surface area contributed by atoms with Crippen molar-refractivity contribution in [2.24, 2.45) is 18.0 Å². The number of piperidine rings is 1. The molecule has 1 aliphatic rings. The van der Waals surface area contributed by atoms with Crippen LogP contribution in [0.3, 0.4) is 0 Å². The van der Waals surface area contributed by atoms with E-state index < -0.39 is 0 Å². The topological polar surface area (TPSA) is 70.4 Å². The van der Waals surface area contributed by atoms with Gasteiger partial charge in [0, 0.05) is 31.6 Å². The lowest BCUT2D eigenvalue weighted by Gasteiger charge is -2.39. The first-order valence-electron chi connectivity index (χ1n) is 8.70. The van der Waals surface area contributed by atoms with Gasteiger partial charge in [0.1, 0.15) is 6.33 Å². The maximum atomic E-state index is 4.33. The highest BCUT2D eigenvalue weighted by atomic mass is 127. The Balaban J connectivity index is 0.00000243. The van der Waals surface area contributed by atoms with Crippen LogP contribution in [0, 0.1) is 5.92 Å². The van der Waals surface area contributed by atoms with Crippen LogP contribution in [0.25, 0.3) is 0 Å². The average Bonchev–Trinajstić information content (AvgIpc) is 3.27. The summed E-state index contributed by atoms with van der Waals surface area (Å²) in [6.07, 6.45) is 4.19. The molecule has 9 heteroatoms. The van der Waals surface area contributed by atoms with Crippen LogP contribution >= 0.6 is 35.3 Å². The van der Waals surface area contributed by atoms with Gasteiger partial charge in [0.15, 0.2) is 11.8 Å². The third-order valence-electron chi connectivity index (χ3n) is 4.82. The Morgan fingerprint density at radius 2 is 2.23 bits per heavy atom. The number of thiophene rings is 1. The minimum atomic E-state index is 0. The molecule has 144 valence electrons. The van der Waals surface area contributed by atoms with Crippen LogP contribution in [0.2, 0.25) is 0 Å². The lowest BCUT2D eigenvalue weighted by molar-refractivity contribution is 0.125. The van der Waals surface area contributed by atoms with Gasteiger partial charge in [-0.2, -0.15) is 0 Å². The number of guanidine groups is 1. The van der Waals surface area contributed by atoms with Gasteiger partial charge in [-0.3, -0.25) is 9.89 Å². The number of aromatic nitrogens is 3. The molecule has 0 bridgehead atoms. The molecule has 2 N–H and O–H groups in total. The highest BCUT2D eigenvalue weighted by molar-refractivity contribution is 14.0. The molecule has 26 heavy (non-hydrogen) atoms. The van der Waals surface area contributed by atoms with Crippen LogP contribution in [0.15, 0.2) is 28.8 Å². The first-order chi connectivity index (χ1) is 12.2. The smallest absolute Gasteiger partial charge is 0.191 e. The highest BCUT2D eigenvalue weighted by Crippen LogP contribution is 2.36.